The van der Waals surface area contributed by atoms with Crippen LogP contribution in [0, 0.1) is 22.7 Å². The fraction of sp³-hybridized carbons (Fsp3) is 0.811. The van der Waals surface area contributed by atoms with Crippen LogP contribution in [-0.4, -0.2) is 195 Å². The zero-order valence-electron chi connectivity index (χ0n) is 51.5. The van der Waals surface area contributed by atoms with Crippen molar-refractivity contribution in [2.24, 2.45) is 50.9 Å². The highest BCUT2D eigenvalue weighted by molar-refractivity contribution is 5.93. The van der Waals surface area contributed by atoms with Gasteiger partial charge in [0, 0.05) is 39.0 Å². The summed E-state index contributed by atoms with van der Waals surface area (Å²) in [5.74, 6) is -0.761. The number of hydrogen-bond acceptors (Lipinski definition) is 24. The highest BCUT2D eigenvalue weighted by atomic mass is 16.4. The van der Waals surface area contributed by atoms with E-state index in [1.807, 2.05) is 53.7 Å². The van der Waals surface area contributed by atoms with Gasteiger partial charge in [0.25, 0.3) is 0 Å². The Morgan fingerprint density at radius 3 is 1.10 bits per heavy atom. The number of nitriles is 2. The number of rotatable bonds is 30. The van der Waals surface area contributed by atoms with Crippen molar-refractivity contribution in [3.05, 3.63) is 0 Å². The Morgan fingerprint density at radius 2 is 0.854 bits per heavy atom. The molecule has 0 radical (unpaired) electrons. The first-order valence-electron chi connectivity index (χ1n) is 27.3. The SMILES string of the molecule is CC(=O)CCC(C)(C#N)N=NC(C)(C#N)CCC(=O)O.CC(C)(N=NC(C)(C)C(=O)NCCO)C(=O)NCCO.CC(C)(N=NC(C)(C)C1=NCCN1)C1=NCCN1.CCC(CO)NC(=O)C(C)(C)N=NC(C)(C)C(=O)NC(CC)CO. The molecule has 0 aromatic carbocycles. The number of aliphatic hydroxyl groups is 4. The number of aliphatic hydroxyl groups excluding tert-OH is 4. The van der Waals surface area contributed by atoms with Gasteiger partial charge in [-0.1, -0.05) is 13.8 Å². The summed E-state index contributed by atoms with van der Waals surface area (Å²) in [4.78, 5) is 78.3. The maximum absolute atomic E-state index is 12.2. The third-order valence-corrected chi connectivity index (χ3v) is 12.0. The van der Waals surface area contributed by atoms with E-state index in [0.717, 1.165) is 37.9 Å². The standard InChI is InChI=1S/C16H32N4O4.C13H18N4O3.C12H22N6.C12H24N4O4/c1-7-11(9-21)17-13(23)15(3,4)19-20-16(5,6)14(24)18-12(8-2)10-22;1-10(18)4-6-12(2,8-14)16-17-13(3,9-15)7-5-11(19)20;1-11(2,9-13-5-6-14-9)17-18-12(3,4)10-15-7-8-16-10;1-11(2,9(19)13-5-7-17)15-16-12(3,4)10(20)14-6-8-18/h11-12,21-22H,7-10H2,1-6H3,(H,17,23)(H,18,24);4-7H2,1-3H3,(H,19,20);5-8H2,1-4H3,(H,13,14)(H,15,16);17-18H,5-8H2,1-4H3,(H,13,19)(H,14,20). The van der Waals surface area contributed by atoms with Gasteiger partial charge in [-0.2, -0.15) is 51.4 Å². The molecule has 0 saturated carbocycles. The van der Waals surface area contributed by atoms with Crippen molar-refractivity contribution in [1.29, 1.82) is 10.5 Å². The third-order valence-electron chi connectivity index (χ3n) is 12.0. The quantitative estimate of drug-likeness (QED) is 0.0460. The van der Waals surface area contributed by atoms with E-state index in [-0.39, 0.29) is 107 Å². The van der Waals surface area contributed by atoms with E-state index < -0.39 is 50.3 Å². The number of nitrogens with one attached hydrogen (secondary N) is 6. The highest BCUT2D eigenvalue weighted by Gasteiger charge is 2.36. The molecule has 4 amide bonds. The van der Waals surface area contributed by atoms with Crippen molar-refractivity contribution in [2.75, 3.05) is 65.7 Å². The van der Waals surface area contributed by atoms with Crippen LogP contribution in [0.25, 0.3) is 0 Å². The number of amidine groups is 2. The predicted octanol–water partition coefficient (Wildman–Crippen LogP) is 3.22. The number of hydrogen-bond donors (Lipinski definition) is 11. The maximum Gasteiger partial charge on any atom is 0.303 e. The molecule has 464 valence electrons. The average molecular weight is 1160 g/mol. The van der Waals surface area contributed by atoms with Gasteiger partial charge >= 0.3 is 5.97 Å². The average Bonchev–Trinajstić information content (AvgIpc) is 4.20. The summed E-state index contributed by atoms with van der Waals surface area (Å²) >= 11 is 0. The molecule has 0 aliphatic carbocycles. The smallest absolute Gasteiger partial charge is 0.303 e. The molecule has 0 spiro atoms. The highest BCUT2D eigenvalue weighted by Crippen LogP contribution is 2.24. The largest absolute Gasteiger partial charge is 0.481 e. The minimum absolute atomic E-state index is 0.0105. The lowest BCUT2D eigenvalue weighted by Gasteiger charge is -2.25. The van der Waals surface area contributed by atoms with Crippen molar-refractivity contribution in [1.82, 2.24) is 31.9 Å². The van der Waals surface area contributed by atoms with Gasteiger partial charge in [0.15, 0.2) is 33.2 Å². The van der Waals surface area contributed by atoms with Crippen molar-refractivity contribution >= 4 is 47.1 Å². The summed E-state index contributed by atoms with van der Waals surface area (Å²) in [5, 5.41) is 112. The molecule has 0 saturated heterocycles. The van der Waals surface area contributed by atoms with E-state index in [2.05, 4.69) is 82.8 Å². The van der Waals surface area contributed by atoms with E-state index in [4.69, 9.17) is 36.1 Å². The third kappa shape index (κ3) is 29.8. The Kier molecular flexibility index (Phi) is 33.8. The molecular weight excluding hydrogens is 1060 g/mol. The molecule has 0 fully saturated rings. The molecule has 2 aliphatic rings. The summed E-state index contributed by atoms with van der Waals surface area (Å²) in [6.07, 6.45) is 1.41. The van der Waals surface area contributed by atoms with Crippen molar-refractivity contribution in [3.8, 4) is 12.1 Å². The minimum Gasteiger partial charge on any atom is -0.481 e. The normalized spacial score (nSPS) is 16.1. The van der Waals surface area contributed by atoms with E-state index in [1.165, 1.54) is 20.8 Å². The number of nitrogens with zero attached hydrogens (tertiary/aromatic N) is 12. The Labute approximate surface area is 483 Å². The van der Waals surface area contributed by atoms with Gasteiger partial charge in [-0.05, 0) is 130 Å². The summed E-state index contributed by atoms with van der Waals surface area (Å²) in [6.45, 7) is 31.9. The second-order valence-electron chi connectivity index (χ2n) is 22.8. The number of amides is 4. The predicted molar refractivity (Wildman–Crippen MR) is 308 cm³/mol. The van der Waals surface area contributed by atoms with E-state index in [9.17, 15) is 28.8 Å². The van der Waals surface area contributed by atoms with Gasteiger partial charge in [0.05, 0.1) is 63.7 Å². The van der Waals surface area contributed by atoms with Crippen LogP contribution in [0.4, 0.5) is 0 Å². The number of carbonyl (C=O) groups excluding carboxylic acids is 5. The first kappa shape index (κ1) is 77.2. The van der Waals surface area contributed by atoms with Crippen LogP contribution < -0.4 is 31.9 Å². The van der Waals surface area contributed by atoms with E-state index in [1.54, 1.807) is 55.4 Å². The number of ketones is 1. The van der Waals surface area contributed by atoms with Crippen LogP contribution in [0.15, 0.2) is 50.9 Å². The number of aliphatic carboxylic acids is 1. The number of Topliss-reactive ketones (excluding diaryl/α,β-unsaturated/α-hetero) is 1. The molecule has 0 aromatic rings. The molecule has 2 aliphatic heterocycles. The topological polar surface area (TPSA) is 447 Å². The van der Waals surface area contributed by atoms with Crippen LogP contribution in [-0.2, 0) is 28.8 Å². The lowest BCUT2D eigenvalue weighted by atomic mass is 9.97. The van der Waals surface area contributed by atoms with Crippen LogP contribution in [0.2, 0.25) is 0 Å². The molecule has 29 heteroatoms. The molecule has 0 aromatic heterocycles. The van der Waals surface area contributed by atoms with Crippen molar-refractivity contribution in [2.45, 2.75) is 213 Å². The second-order valence-corrected chi connectivity index (χ2v) is 22.8. The van der Waals surface area contributed by atoms with E-state index in [0.29, 0.717) is 12.8 Å². The molecule has 4 unspecified atom stereocenters. The fourth-order valence-electron chi connectivity index (χ4n) is 5.94. The van der Waals surface area contributed by atoms with Crippen LogP contribution in [0.3, 0.4) is 0 Å². The zero-order valence-corrected chi connectivity index (χ0v) is 51.5. The number of carboxylic acids is 1. The molecule has 11 N–H and O–H groups in total. The monoisotopic (exact) mass is 1160 g/mol. The van der Waals surface area contributed by atoms with Gasteiger partial charge in [-0.25, -0.2) is 0 Å². The number of aliphatic imine (C=N–C) groups is 2. The minimum atomic E-state index is -1.28. The van der Waals surface area contributed by atoms with Crippen LogP contribution in [0.5, 0.6) is 0 Å². The number of carbonyl (C=O) groups is 6. The molecule has 82 heavy (non-hydrogen) atoms. The Hall–Kier alpha value is -6.82. The lowest BCUT2D eigenvalue weighted by Crippen LogP contribution is -2.48. The molecule has 0 bridgehead atoms. The summed E-state index contributed by atoms with van der Waals surface area (Å²) in [5.41, 5.74) is -7.87. The zero-order chi connectivity index (χ0) is 63.8. The lowest BCUT2D eigenvalue weighted by molar-refractivity contribution is -0.137. The van der Waals surface area contributed by atoms with Crippen LogP contribution in [0.1, 0.15) is 156 Å². The molecule has 4 atom stereocenters. The van der Waals surface area contributed by atoms with Crippen molar-refractivity contribution in [3.63, 3.8) is 0 Å². The van der Waals surface area contributed by atoms with Crippen molar-refractivity contribution < 1.29 is 54.3 Å². The van der Waals surface area contributed by atoms with Gasteiger partial charge < -0.3 is 62.2 Å². The Balaban J connectivity index is 0. The summed E-state index contributed by atoms with van der Waals surface area (Å²) in [7, 11) is 0. The van der Waals surface area contributed by atoms with E-state index >= 15 is 0 Å². The van der Waals surface area contributed by atoms with Gasteiger partial charge in [0.2, 0.25) is 23.6 Å². The summed E-state index contributed by atoms with van der Waals surface area (Å²) in [6, 6.07) is 3.18. The Morgan fingerprint density at radius 1 is 0.537 bits per heavy atom. The maximum atomic E-state index is 12.2. The first-order chi connectivity index (χ1) is 37.8. The number of carboxylic acid groups (broad SMARTS) is 1. The molecular formula is C53H96N18O11. The van der Waals surface area contributed by atoms with Crippen LogP contribution >= 0.6 is 0 Å². The van der Waals surface area contributed by atoms with Gasteiger partial charge in [-0.15, -0.1) is 0 Å². The number of azo groups is 4. The molecule has 2 heterocycles. The fourth-order valence-corrected chi connectivity index (χ4v) is 5.94. The van der Waals surface area contributed by atoms with Gasteiger partial charge in [-0.3, -0.25) is 34.0 Å². The molecule has 2 rings (SSSR count). The Bertz CT molecular complexity index is 2190. The first-order valence-corrected chi connectivity index (χ1v) is 27.3. The molecule has 29 nitrogen and oxygen atoms in total. The van der Waals surface area contributed by atoms with Gasteiger partial charge in [0.1, 0.15) is 28.5 Å². The summed E-state index contributed by atoms with van der Waals surface area (Å²) < 4.78 is 0. The second kappa shape index (κ2) is 35.9.